The van der Waals surface area contributed by atoms with Gasteiger partial charge in [-0.25, -0.2) is 0 Å². The van der Waals surface area contributed by atoms with Crippen molar-refractivity contribution in [2.24, 2.45) is 0 Å². The lowest BCUT2D eigenvalue weighted by molar-refractivity contribution is -0.143. The smallest absolute Gasteiger partial charge is 0.305 e. The lowest BCUT2D eigenvalue weighted by Gasteiger charge is -2.13. The topological polar surface area (TPSA) is 55.8 Å². The quantitative estimate of drug-likeness (QED) is 0.169. The van der Waals surface area contributed by atoms with E-state index in [1.807, 2.05) is 48.5 Å². The molecule has 1 aliphatic rings. The molecule has 7 heteroatoms. The van der Waals surface area contributed by atoms with Gasteiger partial charge in [-0.05, 0) is 49.1 Å². The number of amides is 1. The fraction of sp³-hybridized carbons (Fsp3) is 0.346. The lowest BCUT2D eigenvalue weighted by Crippen LogP contribution is -2.29. The van der Waals surface area contributed by atoms with Crippen LogP contribution in [0.3, 0.4) is 0 Å². The molecule has 33 heavy (non-hydrogen) atoms. The Balaban J connectivity index is 1.44. The molecule has 0 unspecified atom stereocenters. The molecule has 0 atom stereocenters. The van der Waals surface area contributed by atoms with E-state index in [-0.39, 0.29) is 11.9 Å². The van der Waals surface area contributed by atoms with Crippen molar-refractivity contribution in [2.45, 2.75) is 39.0 Å². The Morgan fingerprint density at radius 1 is 1.06 bits per heavy atom. The summed E-state index contributed by atoms with van der Waals surface area (Å²) in [4.78, 5) is 26.4. The fourth-order valence-corrected chi connectivity index (χ4v) is 4.69. The van der Waals surface area contributed by atoms with E-state index < -0.39 is 0 Å². The summed E-state index contributed by atoms with van der Waals surface area (Å²) in [6, 6.07) is 18.0. The van der Waals surface area contributed by atoms with Gasteiger partial charge in [0.2, 0.25) is 0 Å². The van der Waals surface area contributed by atoms with E-state index in [1.54, 1.807) is 11.8 Å². The highest BCUT2D eigenvalue weighted by Crippen LogP contribution is 2.33. The maximum atomic E-state index is 12.8. The fourth-order valence-electron chi connectivity index (χ4n) is 3.39. The van der Waals surface area contributed by atoms with Gasteiger partial charge in [-0.2, -0.15) is 0 Å². The highest BCUT2D eigenvalue weighted by atomic mass is 32.2. The molecule has 0 aromatic heterocycles. The van der Waals surface area contributed by atoms with Crippen LogP contribution in [0.25, 0.3) is 6.08 Å². The molecule has 1 fully saturated rings. The molecule has 0 bridgehead atoms. The van der Waals surface area contributed by atoms with Crippen molar-refractivity contribution in [1.82, 2.24) is 4.90 Å². The normalized spacial score (nSPS) is 14.7. The molecule has 3 rings (SSSR count). The first-order chi connectivity index (χ1) is 16.1. The van der Waals surface area contributed by atoms with E-state index in [4.69, 9.17) is 21.7 Å². The number of nitrogens with zero attached hydrogens (tertiary/aromatic N) is 1. The van der Waals surface area contributed by atoms with E-state index in [2.05, 4.69) is 12.1 Å². The Bertz CT molecular complexity index is 974. The Morgan fingerprint density at radius 3 is 2.55 bits per heavy atom. The van der Waals surface area contributed by atoms with E-state index in [9.17, 15) is 9.59 Å². The number of unbranched alkanes of at least 4 members (excludes halogenated alkanes) is 2. The third kappa shape index (κ3) is 8.02. The number of ether oxygens (including phenoxy) is 2. The first-order valence-corrected chi connectivity index (χ1v) is 12.5. The minimum Gasteiger partial charge on any atom is -0.493 e. The van der Waals surface area contributed by atoms with Crippen LogP contribution in [0.4, 0.5) is 0 Å². The summed E-state index contributed by atoms with van der Waals surface area (Å²) in [5.41, 5.74) is 2.18. The predicted octanol–water partition coefficient (Wildman–Crippen LogP) is 5.63. The summed E-state index contributed by atoms with van der Waals surface area (Å²) in [7, 11) is 0. The van der Waals surface area contributed by atoms with Crippen LogP contribution < -0.4 is 4.74 Å². The molecule has 2 aromatic carbocycles. The molecule has 0 aliphatic carbocycles. The van der Waals surface area contributed by atoms with E-state index in [0.717, 1.165) is 37.0 Å². The van der Waals surface area contributed by atoms with E-state index in [1.165, 1.54) is 17.3 Å². The number of hydrogen-bond donors (Lipinski definition) is 0. The number of carbonyl (C=O) groups is 2. The number of thioether (sulfide) groups is 1. The van der Waals surface area contributed by atoms with Gasteiger partial charge in [-0.15, -0.1) is 0 Å². The second-order valence-corrected chi connectivity index (χ2v) is 9.28. The Kier molecular flexibility index (Phi) is 9.97. The highest BCUT2D eigenvalue weighted by Gasteiger charge is 2.31. The minimum absolute atomic E-state index is 0.0569. The number of thiocarbonyl (C=S) groups is 1. The van der Waals surface area contributed by atoms with Crippen LogP contribution >= 0.6 is 24.0 Å². The van der Waals surface area contributed by atoms with Gasteiger partial charge >= 0.3 is 5.97 Å². The third-order valence-corrected chi connectivity index (χ3v) is 6.50. The number of hydrogen-bond acceptors (Lipinski definition) is 6. The van der Waals surface area contributed by atoms with Gasteiger partial charge < -0.3 is 9.47 Å². The summed E-state index contributed by atoms with van der Waals surface area (Å²) in [6.45, 7) is 3.39. The minimum atomic E-state index is -0.168. The van der Waals surface area contributed by atoms with Crippen LogP contribution in [-0.2, 0) is 20.7 Å². The second kappa shape index (κ2) is 13.2. The SMILES string of the molecule is CCOC(=O)CCCCCN1C(=O)/C(=C/c2ccc(OCCc3ccccc3)cc2)SC1=S. The molecular weight excluding hydrogens is 454 g/mol. The molecule has 1 heterocycles. The highest BCUT2D eigenvalue weighted by molar-refractivity contribution is 8.26. The van der Waals surface area contributed by atoms with Crippen LogP contribution in [0, 0.1) is 0 Å². The van der Waals surface area contributed by atoms with Crippen molar-refractivity contribution in [3.05, 3.63) is 70.6 Å². The zero-order valence-electron chi connectivity index (χ0n) is 18.8. The van der Waals surface area contributed by atoms with E-state index >= 15 is 0 Å². The predicted molar refractivity (Wildman–Crippen MR) is 137 cm³/mol. The van der Waals surface area contributed by atoms with Crippen molar-refractivity contribution >= 4 is 46.3 Å². The lowest BCUT2D eigenvalue weighted by atomic mass is 10.1. The zero-order chi connectivity index (χ0) is 23.5. The maximum Gasteiger partial charge on any atom is 0.305 e. The van der Waals surface area contributed by atoms with Gasteiger partial charge in [0.25, 0.3) is 5.91 Å². The van der Waals surface area contributed by atoms with Gasteiger partial charge in [0.1, 0.15) is 10.1 Å². The van der Waals surface area contributed by atoms with Gasteiger partial charge in [0.05, 0.1) is 18.1 Å². The number of esters is 1. The summed E-state index contributed by atoms with van der Waals surface area (Å²) in [5, 5.41) is 0. The monoisotopic (exact) mass is 483 g/mol. The zero-order valence-corrected chi connectivity index (χ0v) is 20.5. The van der Waals surface area contributed by atoms with Crippen LogP contribution in [0.15, 0.2) is 59.5 Å². The molecule has 0 radical (unpaired) electrons. The first-order valence-electron chi connectivity index (χ1n) is 11.2. The molecule has 1 amide bonds. The maximum absolute atomic E-state index is 12.8. The summed E-state index contributed by atoms with van der Waals surface area (Å²) in [5.74, 6) is 0.579. The number of rotatable bonds is 12. The molecule has 1 aliphatic heterocycles. The number of benzene rings is 2. The molecule has 0 N–H and O–H groups in total. The molecule has 5 nitrogen and oxygen atoms in total. The third-order valence-electron chi connectivity index (χ3n) is 5.12. The van der Waals surface area contributed by atoms with Gasteiger partial charge in [0.15, 0.2) is 0 Å². The molecule has 1 saturated heterocycles. The standard InChI is InChI=1S/C26H29NO4S2/c1-2-30-24(28)11-7-4-8-17-27-25(29)23(33-26(27)32)19-21-12-14-22(15-13-21)31-18-16-20-9-5-3-6-10-20/h3,5-6,9-10,12-15,19H,2,4,7-8,11,16-18H2,1H3/b23-19-. The largest absolute Gasteiger partial charge is 0.493 e. The summed E-state index contributed by atoms with van der Waals surface area (Å²) in [6.07, 6.45) is 5.54. The van der Waals surface area contributed by atoms with Crippen molar-refractivity contribution in [2.75, 3.05) is 19.8 Å². The Morgan fingerprint density at radius 2 is 1.82 bits per heavy atom. The van der Waals surface area contributed by atoms with Gasteiger partial charge in [0, 0.05) is 19.4 Å². The van der Waals surface area contributed by atoms with Gasteiger partial charge in [-0.1, -0.05) is 72.9 Å². The van der Waals surface area contributed by atoms with Crippen LogP contribution in [-0.4, -0.2) is 40.9 Å². The summed E-state index contributed by atoms with van der Waals surface area (Å²) < 4.78 is 11.3. The van der Waals surface area contributed by atoms with Crippen molar-refractivity contribution in [3.8, 4) is 5.75 Å². The Hall–Kier alpha value is -2.64. The Labute approximate surface area is 205 Å². The average molecular weight is 484 g/mol. The number of carbonyl (C=O) groups excluding carboxylic acids is 2. The van der Waals surface area contributed by atoms with Gasteiger partial charge in [-0.3, -0.25) is 14.5 Å². The van der Waals surface area contributed by atoms with E-state index in [0.29, 0.717) is 35.4 Å². The van der Waals surface area contributed by atoms with Crippen LogP contribution in [0.1, 0.15) is 43.7 Å². The average Bonchev–Trinajstić information content (AvgIpc) is 3.08. The van der Waals surface area contributed by atoms with Crippen molar-refractivity contribution < 1.29 is 19.1 Å². The van der Waals surface area contributed by atoms with Crippen LogP contribution in [0.5, 0.6) is 5.75 Å². The summed E-state index contributed by atoms with van der Waals surface area (Å²) >= 11 is 6.74. The van der Waals surface area contributed by atoms with Crippen LogP contribution in [0.2, 0.25) is 0 Å². The molecule has 0 spiro atoms. The van der Waals surface area contributed by atoms with Crippen molar-refractivity contribution in [3.63, 3.8) is 0 Å². The second-order valence-electron chi connectivity index (χ2n) is 7.60. The van der Waals surface area contributed by atoms with Crippen molar-refractivity contribution in [1.29, 1.82) is 0 Å². The molecular formula is C26H29NO4S2. The first kappa shape index (κ1) is 25.0. The molecule has 0 saturated carbocycles. The molecule has 174 valence electrons. The molecule has 2 aromatic rings.